The van der Waals surface area contributed by atoms with Gasteiger partial charge in [0, 0.05) is 5.56 Å². The van der Waals surface area contributed by atoms with E-state index < -0.39 is 5.91 Å². The van der Waals surface area contributed by atoms with E-state index in [2.05, 4.69) is 0 Å². The fourth-order valence-corrected chi connectivity index (χ4v) is 3.47. The van der Waals surface area contributed by atoms with E-state index in [0.717, 1.165) is 11.3 Å². The van der Waals surface area contributed by atoms with E-state index in [-0.39, 0.29) is 11.3 Å². The van der Waals surface area contributed by atoms with Crippen molar-refractivity contribution in [2.75, 3.05) is 5.75 Å². The van der Waals surface area contributed by atoms with Gasteiger partial charge >= 0.3 is 0 Å². The van der Waals surface area contributed by atoms with Gasteiger partial charge in [-0.1, -0.05) is 12.1 Å². The molecule has 2 amide bonds. The molecule has 2 aromatic rings. The Kier molecular flexibility index (Phi) is 3.70. The molecule has 0 aliphatic carbocycles. The maximum absolute atomic E-state index is 12.0. The lowest BCUT2D eigenvalue weighted by molar-refractivity contribution is -0.128. The zero-order valence-electron chi connectivity index (χ0n) is 11.2. The van der Waals surface area contributed by atoms with Crippen molar-refractivity contribution >= 4 is 23.6 Å². The van der Waals surface area contributed by atoms with Crippen molar-refractivity contribution in [3.05, 3.63) is 59.5 Å². The van der Waals surface area contributed by atoms with E-state index in [0.29, 0.717) is 17.9 Å². The van der Waals surface area contributed by atoms with E-state index in [9.17, 15) is 9.59 Å². The molecule has 1 aromatic carbocycles. The van der Waals surface area contributed by atoms with Crippen molar-refractivity contribution in [2.24, 2.45) is 5.73 Å². The number of carbonyl (C=O) groups excluding carboxylic acids is 2. The predicted octanol–water partition coefficient (Wildman–Crippen LogP) is 2.15. The van der Waals surface area contributed by atoms with Gasteiger partial charge in [0.2, 0.25) is 11.8 Å². The number of thioether (sulfide) groups is 1. The second kappa shape index (κ2) is 5.65. The molecule has 1 aliphatic rings. The number of amides is 2. The fourth-order valence-electron chi connectivity index (χ4n) is 2.28. The van der Waals surface area contributed by atoms with Crippen LogP contribution in [0.5, 0.6) is 0 Å². The summed E-state index contributed by atoms with van der Waals surface area (Å²) in [4.78, 5) is 24.9. The maximum Gasteiger partial charge on any atom is 0.248 e. The Labute approximate surface area is 126 Å². The van der Waals surface area contributed by atoms with Crippen LogP contribution in [0.2, 0.25) is 0 Å². The van der Waals surface area contributed by atoms with E-state index in [1.54, 1.807) is 41.1 Å². The zero-order valence-corrected chi connectivity index (χ0v) is 12.0. The van der Waals surface area contributed by atoms with Gasteiger partial charge in [-0.25, -0.2) is 0 Å². The summed E-state index contributed by atoms with van der Waals surface area (Å²) in [6.45, 7) is 0.446. The molecule has 3 rings (SSSR count). The van der Waals surface area contributed by atoms with Crippen LogP contribution < -0.4 is 5.73 Å². The molecule has 0 unspecified atom stereocenters. The first-order valence-electron chi connectivity index (χ1n) is 6.48. The highest BCUT2D eigenvalue weighted by Gasteiger charge is 2.33. The van der Waals surface area contributed by atoms with Crippen LogP contribution in [-0.4, -0.2) is 22.5 Å². The average Bonchev–Trinajstić information content (AvgIpc) is 3.11. The van der Waals surface area contributed by atoms with Crippen LogP contribution in [0.15, 0.2) is 47.1 Å². The van der Waals surface area contributed by atoms with Crippen LogP contribution in [0.4, 0.5) is 0 Å². The summed E-state index contributed by atoms with van der Waals surface area (Å²) in [5.74, 6) is 0.831. The van der Waals surface area contributed by atoms with Crippen molar-refractivity contribution in [2.45, 2.75) is 11.9 Å². The molecule has 2 heterocycles. The van der Waals surface area contributed by atoms with Crippen LogP contribution in [0.25, 0.3) is 0 Å². The van der Waals surface area contributed by atoms with Crippen LogP contribution >= 0.6 is 11.8 Å². The minimum Gasteiger partial charge on any atom is -0.467 e. The van der Waals surface area contributed by atoms with Gasteiger partial charge in [-0.15, -0.1) is 11.8 Å². The lowest BCUT2D eigenvalue weighted by Crippen LogP contribution is -2.27. The highest BCUT2D eigenvalue weighted by Crippen LogP contribution is 2.39. The molecule has 0 radical (unpaired) electrons. The fraction of sp³-hybridized carbons (Fsp3) is 0.200. The molecule has 5 nitrogen and oxygen atoms in total. The number of rotatable bonds is 4. The Morgan fingerprint density at radius 2 is 2.10 bits per heavy atom. The Bertz CT molecular complexity index is 652. The highest BCUT2D eigenvalue weighted by molar-refractivity contribution is 8.00. The number of carbonyl (C=O) groups is 2. The second-order valence-corrected chi connectivity index (χ2v) is 5.82. The molecule has 108 valence electrons. The van der Waals surface area contributed by atoms with Gasteiger partial charge in [0.15, 0.2) is 0 Å². The summed E-state index contributed by atoms with van der Waals surface area (Å²) in [7, 11) is 0. The Morgan fingerprint density at radius 3 is 2.71 bits per heavy atom. The Hall–Kier alpha value is -2.21. The topological polar surface area (TPSA) is 76.5 Å². The van der Waals surface area contributed by atoms with Crippen molar-refractivity contribution in [3.8, 4) is 0 Å². The first-order valence-corrected chi connectivity index (χ1v) is 7.53. The van der Waals surface area contributed by atoms with E-state index in [1.165, 1.54) is 0 Å². The number of hydrogen-bond acceptors (Lipinski definition) is 4. The number of benzene rings is 1. The lowest BCUT2D eigenvalue weighted by Gasteiger charge is -2.23. The minimum absolute atomic E-state index is 0.0653. The normalized spacial score (nSPS) is 18.2. The van der Waals surface area contributed by atoms with Gasteiger partial charge in [0.1, 0.15) is 11.1 Å². The van der Waals surface area contributed by atoms with Crippen LogP contribution in [0, 0.1) is 0 Å². The predicted molar refractivity (Wildman–Crippen MR) is 79.4 cm³/mol. The largest absolute Gasteiger partial charge is 0.467 e. The van der Waals surface area contributed by atoms with Crippen molar-refractivity contribution in [3.63, 3.8) is 0 Å². The molecule has 1 saturated heterocycles. The zero-order chi connectivity index (χ0) is 14.8. The Morgan fingerprint density at radius 1 is 1.33 bits per heavy atom. The molecule has 1 aromatic heterocycles. The summed E-state index contributed by atoms with van der Waals surface area (Å²) in [5.41, 5.74) is 6.67. The third-order valence-corrected chi connectivity index (χ3v) is 4.61. The quantitative estimate of drug-likeness (QED) is 0.939. The molecule has 0 spiro atoms. The first-order chi connectivity index (χ1) is 10.1. The standard InChI is InChI=1S/C15H14N2O3S/c16-14(19)10-3-5-11(6-4-10)15-17(13(18)9-21-15)8-12-2-1-7-20-12/h1-7,15H,8-9H2,(H2,16,19)/t15-/m1/s1. The van der Waals surface area contributed by atoms with Gasteiger partial charge < -0.3 is 15.1 Å². The third-order valence-electron chi connectivity index (χ3n) is 3.35. The molecule has 1 fully saturated rings. The molecule has 21 heavy (non-hydrogen) atoms. The number of furan rings is 1. The third kappa shape index (κ3) is 2.80. The Balaban J connectivity index is 1.82. The smallest absolute Gasteiger partial charge is 0.248 e. The van der Waals surface area contributed by atoms with Gasteiger partial charge in [-0.05, 0) is 29.8 Å². The number of hydrogen-bond donors (Lipinski definition) is 1. The molecule has 1 aliphatic heterocycles. The number of nitrogens with two attached hydrogens (primary N) is 1. The molecular weight excluding hydrogens is 288 g/mol. The molecule has 6 heteroatoms. The van der Waals surface area contributed by atoms with E-state index in [1.807, 2.05) is 18.2 Å². The number of nitrogens with zero attached hydrogens (tertiary/aromatic N) is 1. The second-order valence-electron chi connectivity index (χ2n) is 4.75. The van der Waals surface area contributed by atoms with E-state index in [4.69, 9.17) is 10.2 Å². The van der Waals surface area contributed by atoms with Gasteiger partial charge in [0.05, 0.1) is 18.6 Å². The van der Waals surface area contributed by atoms with Crippen LogP contribution in [0.3, 0.4) is 0 Å². The van der Waals surface area contributed by atoms with Gasteiger partial charge in [-0.2, -0.15) is 0 Å². The summed E-state index contributed by atoms with van der Waals surface area (Å²) < 4.78 is 5.31. The molecule has 1 atom stereocenters. The average molecular weight is 302 g/mol. The van der Waals surface area contributed by atoms with Crippen molar-refractivity contribution < 1.29 is 14.0 Å². The molecular formula is C15H14N2O3S. The van der Waals surface area contributed by atoms with Crippen LogP contribution in [0.1, 0.15) is 27.1 Å². The van der Waals surface area contributed by atoms with Gasteiger partial charge in [-0.3, -0.25) is 9.59 Å². The summed E-state index contributed by atoms with van der Waals surface area (Å²) in [6, 6.07) is 10.7. The summed E-state index contributed by atoms with van der Waals surface area (Å²) in [6.07, 6.45) is 1.60. The number of primary amides is 1. The van der Waals surface area contributed by atoms with Crippen molar-refractivity contribution in [1.29, 1.82) is 0 Å². The van der Waals surface area contributed by atoms with E-state index >= 15 is 0 Å². The maximum atomic E-state index is 12.0. The van der Waals surface area contributed by atoms with Gasteiger partial charge in [0.25, 0.3) is 0 Å². The SMILES string of the molecule is NC(=O)c1ccc([C@H]2SCC(=O)N2Cc2ccco2)cc1. The summed E-state index contributed by atoms with van der Waals surface area (Å²) in [5, 5.41) is -0.0653. The molecule has 0 bridgehead atoms. The molecule has 0 saturated carbocycles. The molecule has 2 N–H and O–H groups in total. The monoisotopic (exact) mass is 302 g/mol. The van der Waals surface area contributed by atoms with Crippen molar-refractivity contribution in [1.82, 2.24) is 4.90 Å². The minimum atomic E-state index is -0.454. The highest BCUT2D eigenvalue weighted by atomic mass is 32.2. The summed E-state index contributed by atoms with van der Waals surface area (Å²) >= 11 is 1.57. The lowest BCUT2D eigenvalue weighted by atomic mass is 10.1. The van der Waals surface area contributed by atoms with Crippen LogP contribution in [-0.2, 0) is 11.3 Å². The first kappa shape index (κ1) is 13.8.